The quantitative estimate of drug-likeness (QED) is 0.171. The molecule has 224 valence electrons. The van der Waals surface area contributed by atoms with E-state index in [9.17, 15) is 0 Å². The normalized spacial score (nSPS) is 10.8. The Kier molecular flexibility index (Phi) is 9.54. The second kappa shape index (κ2) is 13.5. The maximum absolute atomic E-state index is 6.39. The molecule has 6 nitrogen and oxygen atoms in total. The number of rotatable bonds is 9. The van der Waals surface area contributed by atoms with Crippen LogP contribution >= 0.6 is 0 Å². The highest BCUT2D eigenvalue weighted by Crippen LogP contribution is 2.35. The molecule has 2 heterocycles. The summed E-state index contributed by atoms with van der Waals surface area (Å²) in [5.74, 6) is 3.84. The van der Waals surface area contributed by atoms with Crippen LogP contribution in [0.5, 0.6) is 28.7 Å². The van der Waals surface area contributed by atoms with Crippen LogP contribution in [0.4, 0.5) is 0 Å². The van der Waals surface area contributed by atoms with Crippen molar-refractivity contribution in [3.8, 4) is 28.7 Å². The van der Waals surface area contributed by atoms with Crippen molar-refractivity contribution in [2.45, 2.75) is 12.8 Å². The van der Waals surface area contributed by atoms with Crippen LogP contribution in [0.1, 0.15) is 22.4 Å². The molecule has 6 aromatic rings. The van der Waals surface area contributed by atoms with Crippen molar-refractivity contribution in [3.63, 3.8) is 0 Å². The van der Waals surface area contributed by atoms with E-state index in [0.717, 1.165) is 41.0 Å². The lowest BCUT2D eigenvalue weighted by atomic mass is 9.98. The average molecular weight is 700 g/mol. The summed E-state index contributed by atoms with van der Waals surface area (Å²) in [4.78, 5) is 0. The van der Waals surface area contributed by atoms with Gasteiger partial charge in [0.2, 0.25) is 0 Å². The minimum absolute atomic E-state index is 0. The first kappa shape index (κ1) is 31.1. The van der Waals surface area contributed by atoms with Crippen molar-refractivity contribution in [2.24, 2.45) is 14.1 Å². The molecule has 44 heavy (non-hydrogen) atoms. The van der Waals surface area contributed by atoms with Crippen molar-refractivity contribution in [1.29, 1.82) is 0 Å². The van der Waals surface area contributed by atoms with E-state index < -0.39 is 0 Å². The number of hydrogen-bond acceptors (Lipinski definition) is 4. The molecule has 0 saturated carbocycles. The van der Waals surface area contributed by atoms with E-state index >= 15 is 0 Å². The van der Waals surface area contributed by atoms with Crippen molar-refractivity contribution in [1.82, 2.24) is 0 Å². The molecule has 0 N–H and O–H groups in total. The van der Waals surface area contributed by atoms with Crippen LogP contribution in [0.3, 0.4) is 0 Å². The number of ether oxygens (including phenoxy) is 4. The first-order valence-electron chi connectivity index (χ1n) is 14.3. The molecule has 0 radical (unpaired) electrons. The Labute approximate surface area is 275 Å². The number of fused-ring (bicyclic) bond motifs is 2. The van der Waals surface area contributed by atoms with Gasteiger partial charge in [0.1, 0.15) is 31.3 Å². The molecular weight excluding hydrogens is 663 g/mol. The molecule has 0 aliphatic heterocycles. The first-order chi connectivity index (χ1) is 20.9. The second-order valence-corrected chi connectivity index (χ2v) is 10.8. The SMILES string of the molecule is COc1ccc2cc[n+](C)c(Cc3ccc(OC)c(Oc4ccc(Cc5c(OC)ccc6cc[n+](C)cc56)cc4)c3)c2c1.[I-]. The van der Waals surface area contributed by atoms with Gasteiger partial charge in [-0.25, -0.2) is 9.13 Å². The predicted molar refractivity (Wildman–Crippen MR) is 168 cm³/mol. The summed E-state index contributed by atoms with van der Waals surface area (Å²) >= 11 is 0. The minimum Gasteiger partial charge on any atom is -1.00 e. The van der Waals surface area contributed by atoms with Crippen molar-refractivity contribution in [2.75, 3.05) is 21.3 Å². The van der Waals surface area contributed by atoms with Gasteiger partial charge in [-0.05, 0) is 64.4 Å². The standard InChI is InChI=1S/C37H36N2O4.HI/c1-38-18-16-28-10-15-35(41-4)32(33(28)24-38)20-25-6-11-29(12-7-25)43-37-22-26(8-14-36(37)42-5)21-34-31-23-30(40-3)13-9-27(31)17-19-39(34)2;/h6-19,22-24H,20-21H2,1-5H3;1H/q+2;/p-1. The molecule has 0 spiro atoms. The zero-order valence-electron chi connectivity index (χ0n) is 25.6. The van der Waals surface area contributed by atoms with Gasteiger partial charge in [-0.3, -0.25) is 0 Å². The number of pyridine rings is 2. The van der Waals surface area contributed by atoms with Crippen molar-refractivity contribution < 1.29 is 52.1 Å². The van der Waals surface area contributed by atoms with Crippen LogP contribution in [0, 0.1) is 0 Å². The molecule has 0 bridgehead atoms. The molecule has 2 aromatic heterocycles. The third-order valence-electron chi connectivity index (χ3n) is 8.00. The Hall–Kier alpha value is -4.37. The highest BCUT2D eigenvalue weighted by Gasteiger charge is 2.17. The Morgan fingerprint density at radius 2 is 1.23 bits per heavy atom. The van der Waals surface area contributed by atoms with Crippen LogP contribution in [-0.4, -0.2) is 21.3 Å². The van der Waals surface area contributed by atoms with E-state index in [0.29, 0.717) is 11.5 Å². The Bertz CT molecular complexity index is 1940. The lowest BCUT2D eigenvalue weighted by Crippen LogP contribution is -3.00. The molecule has 0 saturated heterocycles. The summed E-state index contributed by atoms with van der Waals surface area (Å²) in [6, 6.07) is 29.0. The zero-order chi connectivity index (χ0) is 29.9. The van der Waals surface area contributed by atoms with E-state index in [-0.39, 0.29) is 24.0 Å². The van der Waals surface area contributed by atoms with Gasteiger partial charge >= 0.3 is 0 Å². The number of aromatic nitrogens is 2. The maximum Gasteiger partial charge on any atom is 0.193 e. The number of hydrogen-bond donors (Lipinski definition) is 0. The number of methoxy groups -OCH3 is 3. The predicted octanol–water partition coefficient (Wildman–Crippen LogP) is 3.65. The van der Waals surface area contributed by atoms with Gasteiger partial charge in [-0.2, -0.15) is 0 Å². The van der Waals surface area contributed by atoms with E-state index in [1.54, 1.807) is 21.3 Å². The monoisotopic (exact) mass is 699 g/mol. The lowest BCUT2D eigenvalue weighted by molar-refractivity contribution is -0.677. The molecular formula is C37H36IN2O4+. The van der Waals surface area contributed by atoms with Gasteiger partial charge in [-0.15, -0.1) is 0 Å². The molecule has 0 amide bonds. The highest BCUT2D eigenvalue weighted by atomic mass is 127. The summed E-state index contributed by atoms with van der Waals surface area (Å²) in [5, 5.41) is 4.71. The van der Waals surface area contributed by atoms with Gasteiger partial charge in [0.15, 0.2) is 35.8 Å². The van der Waals surface area contributed by atoms with Crippen LogP contribution < -0.4 is 52.1 Å². The van der Waals surface area contributed by atoms with Crippen molar-refractivity contribution in [3.05, 3.63) is 126 Å². The molecule has 0 aliphatic rings. The van der Waals surface area contributed by atoms with Crippen LogP contribution in [0.25, 0.3) is 21.5 Å². The Balaban J connectivity index is 0.00000384. The summed E-state index contributed by atoms with van der Waals surface area (Å²) < 4.78 is 27.5. The number of aryl methyl sites for hydroxylation is 2. The van der Waals surface area contributed by atoms with Gasteiger partial charge in [0.05, 0.1) is 38.5 Å². The Morgan fingerprint density at radius 1 is 0.568 bits per heavy atom. The van der Waals surface area contributed by atoms with Gasteiger partial charge < -0.3 is 42.9 Å². The van der Waals surface area contributed by atoms with Crippen LogP contribution in [0.15, 0.2) is 104 Å². The first-order valence-corrected chi connectivity index (χ1v) is 14.3. The molecule has 7 heteroatoms. The van der Waals surface area contributed by atoms with Gasteiger partial charge in [0, 0.05) is 24.1 Å². The van der Waals surface area contributed by atoms with Gasteiger partial charge in [0.25, 0.3) is 0 Å². The largest absolute Gasteiger partial charge is 1.00 e. The third kappa shape index (κ3) is 6.43. The van der Waals surface area contributed by atoms with Crippen LogP contribution in [-0.2, 0) is 26.9 Å². The number of benzene rings is 4. The van der Waals surface area contributed by atoms with Crippen LogP contribution in [0.2, 0.25) is 0 Å². The fourth-order valence-electron chi connectivity index (χ4n) is 5.64. The molecule has 0 aliphatic carbocycles. The van der Waals surface area contributed by atoms with E-state index in [1.165, 1.54) is 33.0 Å². The number of halogens is 1. The average Bonchev–Trinajstić information content (AvgIpc) is 3.03. The lowest BCUT2D eigenvalue weighted by Gasteiger charge is -2.14. The smallest absolute Gasteiger partial charge is 0.193 e. The zero-order valence-corrected chi connectivity index (χ0v) is 27.8. The number of nitrogens with zero attached hydrogens (tertiary/aromatic N) is 2. The minimum atomic E-state index is 0. The van der Waals surface area contributed by atoms with Gasteiger partial charge in [-0.1, -0.05) is 30.3 Å². The van der Waals surface area contributed by atoms with E-state index in [2.05, 4.69) is 89.4 Å². The molecule has 0 atom stereocenters. The summed E-state index contributed by atoms with van der Waals surface area (Å²) in [6.07, 6.45) is 7.79. The summed E-state index contributed by atoms with van der Waals surface area (Å²) in [7, 11) is 9.20. The maximum atomic E-state index is 6.39. The van der Waals surface area contributed by atoms with E-state index in [4.69, 9.17) is 18.9 Å². The summed E-state index contributed by atoms with van der Waals surface area (Å²) in [6.45, 7) is 0. The van der Waals surface area contributed by atoms with Crippen molar-refractivity contribution >= 4 is 21.5 Å². The fourth-order valence-corrected chi connectivity index (χ4v) is 5.64. The third-order valence-corrected chi connectivity index (χ3v) is 8.00. The molecule has 4 aromatic carbocycles. The molecule has 0 unspecified atom stereocenters. The molecule has 6 rings (SSSR count). The molecule has 0 fully saturated rings. The fraction of sp³-hybridized carbons (Fsp3) is 0.189. The highest BCUT2D eigenvalue weighted by molar-refractivity contribution is 5.87. The van der Waals surface area contributed by atoms with E-state index in [1.807, 2.05) is 37.4 Å². The summed E-state index contributed by atoms with van der Waals surface area (Å²) in [5.41, 5.74) is 4.64. The second-order valence-electron chi connectivity index (χ2n) is 10.8. The Morgan fingerprint density at radius 3 is 1.98 bits per heavy atom. The topological polar surface area (TPSA) is 44.7 Å².